The predicted molar refractivity (Wildman–Crippen MR) is 184 cm³/mol. The molecule has 228 valence electrons. The normalized spacial score (nSPS) is 11.8. The Morgan fingerprint density at radius 1 is 0.405 bits per heavy atom. The molecule has 1 nitrogen and oxygen atoms in total. The summed E-state index contributed by atoms with van der Waals surface area (Å²) in [6, 6.07) is 33.5. The molecule has 3 aromatic carbocycles. The topological polar surface area (TPSA) is 0 Å². The molecular weight excluding hydrogens is 506 g/mol. The zero-order chi connectivity index (χ0) is 29.4. The summed E-state index contributed by atoms with van der Waals surface area (Å²) in [6.07, 6.45) is 26.8. The van der Waals surface area contributed by atoms with Gasteiger partial charge in [-0.1, -0.05) is 174 Å². The third-order valence-corrected chi connectivity index (χ3v) is 8.73. The van der Waals surface area contributed by atoms with Crippen LogP contribution in [-0.2, 0) is 19.6 Å². The molecule has 0 fully saturated rings. The molecule has 0 amide bonds. The van der Waals surface area contributed by atoms with Crippen LogP contribution in [0.4, 0.5) is 0 Å². The van der Waals surface area contributed by atoms with Gasteiger partial charge in [-0.15, -0.1) is 0 Å². The van der Waals surface area contributed by atoms with Crippen LogP contribution >= 0.6 is 0 Å². The summed E-state index contributed by atoms with van der Waals surface area (Å²) in [5.41, 5.74) is 4.34. The molecule has 0 atom stereocenters. The van der Waals surface area contributed by atoms with Crippen LogP contribution in [0.2, 0.25) is 0 Å². The van der Waals surface area contributed by atoms with E-state index in [0.717, 1.165) is 24.1 Å². The van der Waals surface area contributed by atoms with Crippen molar-refractivity contribution in [3.05, 3.63) is 120 Å². The number of quaternary nitrogens is 1. The van der Waals surface area contributed by atoms with E-state index in [1.807, 2.05) is 0 Å². The maximum atomic E-state index is 2.44. The Balaban J connectivity index is 1.38. The van der Waals surface area contributed by atoms with Crippen molar-refractivity contribution >= 4 is 0 Å². The molecule has 0 unspecified atom stereocenters. The first kappa shape index (κ1) is 33.9. The molecule has 0 saturated heterocycles. The Kier molecular flexibility index (Phi) is 17.7. The van der Waals surface area contributed by atoms with E-state index in [9.17, 15) is 0 Å². The van der Waals surface area contributed by atoms with Crippen LogP contribution in [0.3, 0.4) is 0 Å². The summed E-state index contributed by atoms with van der Waals surface area (Å²) >= 11 is 0. The van der Waals surface area contributed by atoms with Crippen LogP contribution in [0.1, 0.15) is 126 Å². The van der Waals surface area contributed by atoms with Gasteiger partial charge in [-0.2, -0.15) is 0 Å². The van der Waals surface area contributed by atoms with E-state index in [0.29, 0.717) is 0 Å². The number of nitrogens with zero attached hydrogens (tertiary/aromatic N) is 1. The zero-order valence-corrected chi connectivity index (χ0v) is 26.9. The van der Waals surface area contributed by atoms with E-state index in [-0.39, 0.29) is 0 Å². The second-order valence-corrected chi connectivity index (χ2v) is 12.6. The largest absolute Gasteiger partial charge is 0.312 e. The third kappa shape index (κ3) is 15.0. The molecule has 0 spiro atoms. The van der Waals surface area contributed by atoms with Crippen molar-refractivity contribution in [1.82, 2.24) is 0 Å². The van der Waals surface area contributed by atoms with Crippen LogP contribution < -0.4 is 0 Å². The fourth-order valence-electron chi connectivity index (χ4n) is 6.37. The van der Waals surface area contributed by atoms with Gasteiger partial charge >= 0.3 is 0 Å². The average molecular weight is 567 g/mol. The first-order valence-corrected chi connectivity index (χ1v) is 17.4. The minimum absolute atomic E-state index is 1.08. The SMILES string of the molecule is CCCCCCCC/C=C/CCCCCCCCCC[N+](Cc1ccccc1)(Cc1ccccc1)Cc1ccccc1. The van der Waals surface area contributed by atoms with E-state index >= 15 is 0 Å². The summed E-state index contributed by atoms with van der Waals surface area (Å²) in [4.78, 5) is 0. The highest BCUT2D eigenvalue weighted by atomic mass is 15.3. The molecule has 0 aliphatic heterocycles. The highest BCUT2D eigenvalue weighted by molar-refractivity contribution is 5.17. The molecule has 0 aromatic heterocycles. The van der Waals surface area contributed by atoms with Crippen LogP contribution in [0, 0.1) is 0 Å². The van der Waals surface area contributed by atoms with E-state index in [4.69, 9.17) is 0 Å². The van der Waals surface area contributed by atoms with Crippen molar-refractivity contribution in [2.45, 2.75) is 129 Å². The monoisotopic (exact) mass is 566 g/mol. The predicted octanol–water partition coefficient (Wildman–Crippen LogP) is 12.2. The number of hydrogen-bond acceptors (Lipinski definition) is 0. The van der Waals surface area contributed by atoms with Crippen molar-refractivity contribution in [3.8, 4) is 0 Å². The van der Waals surface area contributed by atoms with Crippen molar-refractivity contribution in [3.63, 3.8) is 0 Å². The van der Waals surface area contributed by atoms with Crippen LogP contribution in [0.25, 0.3) is 0 Å². The quantitative estimate of drug-likeness (QED) is 0.0574. The van der Waals surface area contributed by atoms with Crippen LogP contribution in [0.15, 0.2) is 103 Å². The van der Waals surface area contributed by atoms with Gasteiger partial charge in [0.2, 0.25) is 0 Å². The average Bonchev–Trinajstić information content (AvgIpc) is 3.02. The van der Waals surface area contributed by atoms with Gasteiger partial charge in [0.05, 0.1) is 6.54 Å². The lowest BCUT2D eigenvalue weighted by Gasteiger charge is -2.39. The van der Waals surface area contributed by atoms with Crippen molar-refractivity contribution < 1.29 is 4.48 Å². The summed E-state index contributed by atoms with van der Waals surface area (Å²) in [5.74, 6) is 0. The molecule has 3 aromatic rings. The lowest BCUT2D eigenvalue weighted by molar-refractivity contribution is -0.966. The van der Waals surface area contributed by atoms with Gasteiger partial charge in [0.15, 0.2) is 0 Å². The van der Waals surface area contributed by atoms with Crippen molar-refractivity contribution in [2.75, 3.05) is 6.54 Å². The Morgan fingerprint density at radius 2 is 0.738 bits per heavy atom. The molecule has 0 heterocycles. The van der Waals surface area contributed by atoms with Gasteiger partial charge in [-0.3, -0.25) is 0 Å². The Labute approximate surface area is 259 Å². The molecule has 0 radical (unpaired) electrons. The number of allylic oxidation sites excluding steroid dienone is 2. The summed E-state index contributed by atoms with van der Waals surface area (Å²) < 4.78 is 1.09. The molecule has 0 saturated carbocycles. The van der Waals surface area contributed by atoms with Crippen LogP contribution in [0.5, 0.6) is 0 Å². The summed E-state index contributed by atoms with van der Waals surface area (Å²) in [6.45, 7) is 6.76. The highest BCUT2D eigenvalue weighted by Gasteiger charge is 2.28. The molecule has 3 rings (SSSR count). The fraction of sp³-hybridized carbons (Fsp3) is 0.512. The summed E-state index contributed by atoms with van der Waals surface area (Å²) in [5, 5.41) is 0. The Hall–Kier alpha value is -2.64. The molecule has 0 bridgehead atoms. The number of benzene rings is 3. The maximum absolute atomic E-state index is 2.44. The lowest BCUT2D eigenvalue weighted by atomic mass is 10.0. The molecule has 0 aliphatic carbocycles. The lowest BCUT2D eigenvalue weighted by Crippen LogP contribution is -2.46. The zero-order valence-electron chi connectivity index (χ0n) is 26.9. The van der Waals surface area contributed by atoms with Gasteiger partial charge in [-0.05, 0) is 38.5 Å². The molecule has 0 aliphatic rings. The van der Waals surface area contributed by atoms with Gasteiger partial charge in [-0.25, -0.2) is 0 Å². The Bertz CT molecular complexity index is 939. The fourth-order valence-corrected chi connectivity index (χ4v) is 6.37. The number of rotatable bonds is 24. The van der Waals surface area contributed by atoms with Crippen molar-refractivity contribution in [1.29, 1.82) is 0 Å². The standard InChI is InChI=1S/C41H60N/c1-2-3-4-5-6-7-8-9-10-11-12-13-14-15-16-17-18-28-35-42(36-39-29-22-19-23-30-39,37-40-31-24-20-25-32-40)38-41-33-26-21-27-34-41/h9-10,19-27,29-34H,2-8,11-18,28,35-38H2,1H3/q+1/b10-9+. The second kappa shape index (κ2) is 22.0. The van der Waals surface area contributed by atoms with E-state index in [2.05, 4.69) is 110 Å². The van der Waals surface area contributed by atoms with Gasteiger partial charge in [0.1, 0.15) is 19.6 Å². The van der Waals surface area contributed by atoms with Gasteiger partial charge < -0.3 is 4.48 Å². The smallest absolute Gasteiger partial charge is 0.105 e. The maximum Gasteiger partial charge on any atom is 0.105 e. The second-order valence-electron chi connectivity index (χ2n) is 12.6. The van der Waals surface area contributed by atoms with E-state index in [1.54, 1.807) is 0 Å². The highest BCUT2D eigenvalue weighted by Crippen LogP contribution is 2.26. The van der Waals surface area contributed by atoms with Gasteiger partial charge in [0.25, 0.3) is 0 Å². The van der Waals surface area contributed by atoms with Crippen molar-refractivity contribution in [2.24, 2.45) is 0 Å². The molecule has 1 heteroatoms. The minimum Gasteiger partial charge on any atom is -0.312 e. The molecular formula is C41H60N+. The summed E-state index contributed by atoms with van der Waals surface area (Å²) in [7, 11) is 0. The number of hydrogen-bond donors (Lipinski definition) is 0. The van der Waals surface area contributed by atoms with Gasteiger partial charge in [0, 0.05) is 16.7 Å². The van der Waals surface area contributed by atoms with E-state index < -0.39 is 0 Å². The van der Waals surface area contributed by atoms with Crippen LogP contribution in [-0.4, -0.2) is 11.0 Å². The molecule has 42 heavy (non-hydrogen) atoms. The Morgan fingerprint density at radius 3 is 1.12 bits per heavy atom. The number of unbranched alkanes of at least 4 members (excludes halogenated alkanes) is 14. The first-order chi connectivity index (χ1) is 20.8. The third-order valence-electron chi connectivity index (χ3n) is 8.73. The molecule has 0 N–H and O–H groups in total. The van der Waals surface area contributed by atoms with E-state index in [1.165, 1.54) is 126 Å². The first-order valence-electron chi connectivity index (χ1n) is 17.4. The minimum atomic E-state index is 1.08.